The van der Waals surface area contributed by atoms with Gasteiger partial charge in [0.05, 0.1) is 5.69 Å². The van der Waals surface area contributed by atoms with Crippen molar-refractivity contribution in [3.05, 3.63) is 99.9 Å². The summed E-state index contributed by atoms with van der Waals surface area (Å²) in [5, 5.41) is 14.9. The van der Waals surface area contributed by atoms with E-state index in [2.05, 4.69) is 60.3 Å². The Morgan fingerprint density at radius 3 is 1.67 bits per heavy atom. The molecule has 0 saturated carbocycles. The number of thiazole rings is 1. The monoisotopic (exact) mass is 595 g/mol. The van der Waals surface area contributed by atoms with Crippen molar-refractivity contribution in [1.29, 1.82) is 0 Å². The molecule has 3 heterocycles. The Kier molecular flexibility index (Phi) is 9.51. The number of nitrogens with one attached hydrogen (secondary N) is 4. The molecule has 0 spiro atoms. The molecule has 222 valence electrons. The number of nitrogens with zero attached hydrogens (tertiary/aromatic N) is 3. The molecule has 0 aliphatic carbocycles. The highest BCUT2D eigenvalue weighted by molar-refractivity contribution is 7.12. The molecule has 1 aromatic heterocycles. The smallest absolute Gasteiger partial charge is 0.284 e. The summed E-state index contributed by atoms with van der Waals surface area (Å²) in [4.78, 5) is 35.1. The van der Waals surface area contributed by atoms with E-state index in [4.69, 9.17) is 0 Å². The molecule has 2 saturated heterocycles. The van der Waals surface area contributed by atoms with E-state index in [0.29, 0.717) is 16.3 Å². The molecule has 4 N–H and O–H groups in total. The summed E-state index contributed by atoms with van der Waals surface area (Å²) in [6.07, 6.45) is 0. The first-order valence-corrected chi connectivity index (χ1v) is 15.7. The van der Waals surface area contributed by atoms with Gasteiger partial charge in [-0.25, -0.2) is 4.98 Å². The van der Waals surface area contributed by atoms with Crippen LogP contribution in [0.2, 0.25) is 0 Å². The van der Waals surface area contributed by atoms with E-state index in [0.717, 1.165) is 82.4 Å². The fraction of sp³-hybridized carbons (Fsp3) is 0.303. The zero-order chi connectivity index (χ0) is 29.4. The Bertz CT molecular complexity index is 1510. The van der Waals surface area contributed by atoms with E-state index in [-0.39, 0.29) is 11.8 Å². The molecule has 9 nitrogen and oxygen atoms in total. The molecule has 43 heavy (non-hydrogen) atoms. The van der Waals surface area contributed by atoms with Crippen molar-refractivity contribution < 1.29 is 9.59 Å². The second kappa shape index (κ2) is 14.0. The number of carbonyl (C=O) groups is 2. The highest BCUT2D eigenvalue weighted by atomic mass is 32.1. The summed E-state index contributed by atoms with van der Waals surface area (Å²) < 4.78 is 0. The summed E-state index contributed by atoms with van der Waals surface area (Å²) in [5.74, 6) is -0.403. The van der Waals surface area contributed by atoms with Crippen molar-refractivity contribution in [1.82, 2.24) is 25.4 Å². The maximum atomic E-state index is 12.9. The molecule has 4 aromatic rings. The minimum absolute atomic E-state index is 0.168. The van der Waals surface area contributed by atoms with Gasteiger partial charge < -0.3 is 21.3 Å². The van der Waals surface area contributed by atoms with E-state index in [1.54, 1.807) is 12.1 Å². The van der Waals surface area contributed by atoms with Gasteiger partial charge in [-0.1, -0.05) is 36.4 Å². The quantitative estimate of drug-likeness (QED) is 0.231. The number of aromatic nitrogens is 1. The zero-order valence-corrected chi connectivity index (χ0v) is 25.0. The number of hydrogen-bond donors (Lipinski definition) is 4. The van der Waals surface area contributed by atoms with Gasteiger partial charge in [0.25, 0.3) is 11.8 Å². The molecule has 2 fully saturated rings. The number of rotatable bonds is 9. The van der Waals surface area contributed by atoms with E-state index in [1.807, 2.05) is 41.8 Å². The minimum Gasteiger partial charge on any atom is -0.322 e. The van der Waals surface area contributed by atoms with Crippen LogP contribution in [0, 0.1) is 0 Å². The predicted octanol–water partition coefficient (Wildman–Crippen LogP) is 4.13. The molecule has 0 bridgehead atoms. The molecule has 2 aliphatic heterocycles. The topological polar surface area (TPSA) is 102 Å². The Hall–Kier alpha value is -3.93. The standard InChI is InChI=1S/C33H37N7O2S/c41-31(36-28-9-1-24(2-10-28)21-39-17-13-34-14-18-39)27-7-5-26(6-8-27)30-23-43-33(38-30)32(42)37-29-11-3-25(4-12-29)22-40-19-15-35-16-20-40/h1-12,23,34-35H,13-22H2,(H,36,41)(H,37,42). The fourth-order valence-corrected chi connectivity index (χ4v) is 6.05. The Morgan fingerprint density at radius 2 is 1.16 bits per heavy atom. The summed E-state index contributed by atoms with van der Waals surface area (Å²) >= 11 is 1.30. The number of amides is 2. The Labute approximate surface area is 256 Å². The van der Waals surface area contributed by atoms with Crippen LogP contribution in [0.25, 0.3) is 11.3 Å². The number of benzene rings is 3. The van der Waals surface area contributed by atoms with Crippen LogP contribution in [-0.2, 0) is 13.1 Å². The van der Waals surface area contributed by atoms with Crippen molar-refractivity contribution >= 4 is 34.5 Å². The lowest BCUT2D eigenvalue weighted by Crippen LogP contribution is -2.42. The predicted molar refractivity (Wildman–Crippen MR) is 173 cm³/mol. The SMILES string of the molecule is O=C(Nc1ccc(CN2CCNCC2)cc1)c1ccc(-c2csc(C(=O)Nc3ccc(CN4CCNCC4)cc3)n2)cc1. The Balaban J connectivity index is 1.00. The maximum Gasteiger partial charge on any atom is 0.284 e. The van der Waals surface area contributed by atoms with Crippen molar-refractivity contribution in [2.75, 3.05) is 63.0 Å². The highest BCUT2D eigenvalue weighted by Crippen LogP contribution is 2.24. The van der Waals surface area contributed by atoms with Crippen LogP contribution in [0.5, 0.6) is 0 Å². The second-order valence-electron chi connectivity index (χ2n) is 11.0. The van der Waals surface area contributed by atoms with Crippen molar-refractivity contribution in [2.45, 2.75) is 13.1 Å². The van der Waals surface area contributed by atoms with Crippen LogP contribution in [0.1, 0.15) is 31.3 Å². The first-order valence-electron chi connectivity index (χ1n) is 14.8. The molecule has 6 rings (SSSR count). The van der Waals surface area contributed by atoms with Crippen LogP contribution < -0.4 is 21.3 Å². The van der Waals surface area contributed by atoms with Crippen LogP contribution in [-0.4, -0.2) is 79.0 Å². The third kappa shape index (κ3) is 7.92. The molecule has 3 aromatic carbocycles. The van der Waals surface area contributed by atoms with Gasteiger partial charge >= 0.3 is 0 Å². The minimum atomic E-state index is -0.235. The van der Waals surface area contributed by atoms with Crippen LogP contribution in [0.3, 0.4) is 0 Å². The van der Waals surface area contributed by atoms with Gasteiger partial charge in [0.1, 0.15) is 0 Å². The third-order valence-electron chi connectivity index (χ3n) is 7.80. The normalized spacial score (nSPS) is 16.1. The molecule has 10 heteroatoms. The lowest BCUT2D eigenvalue weighted by Gasteiger charge is -2.27. The largest absolute Gasteiger partial charge is 0.322 e. The van der Waals surface area contributed by atoms with Crippen LogP contribution in [0.4, 0.5) is 11.4 Å². The van der Waals surface area contributed by atoms with E-state index in [9.17, 15) is 9.59 Å². The van der Waals surface area contributed by atoms with Gasteiger partial charge in [-0.15, -0.1) is 11.3 Å². The molecule has 0 unspecified atom stereocenters. The fourth-order valence-electron chi connectivity index (χ4n) is 5.33. The number of carbonyl (C=O) groups excluding carboxylic acids is 2. The molecule has 2 amide bonds. The van der Waals surface area contributed by atoms with Gasteiger partial charge in [-0.3, -0.25) is 19.4 Å². The summed E-state index contributed by atoms with van der Waals surface area (Å²) in [6.45, 7) is 10.1. The van der Waals surface area contributed by atoms with Crippen LogP contribution in [0.15, 0.2) is 78.2 Å². The summed E-state index contributed by atoms with van der Waals surface area (Å²) in [7, 11) is 0. The van der Waals surface area contributed by atoms with E-state index >= 15 is 0 Å². The molecular formula is C33H37N7O2S. The van der Waals surface area contributed by atoms with Gasteiger partial charge in [-0.2, -0.15) is 0 Å². The van der Waals surface area contributed by atoms with Gasteiger partial charge in [-0.05, 0) is 47.5 Å². The molecule has 2 aliphatic rings. The number of hydrogen-bond acceptors (Lipinski definition) is 8. The summed E-state index contributed by atoms with van der Waals surface area (Å²) in [5.41, 5.74) is 6.09. The van der Waals surface area contributed by atoms with Crippen LogP contribution >= 0.6 is 11.3 Å². The Morgan fingerprint density at radius 1 is 0.674 bits per heavy atom. The molecular weight excluding hydrogens is 558 g/mol. The van der Waals surface area contributed by atoms with E-state index < -0.39 is 0 Å². The first kappa shape index (κ1) is 29.2. The average molecular weight is 596 g/mol. The molecule has 0 atom stereocenters. The van der Waals surface area contributed by atoms with E-state index in [1.165, 1.54) is 22.5 Å². The van der Waals surface area contributed by atoms with Gasteiger partial charge in [0, 0.05) is 93.3 Å². The number of piperazine rings is 2. The zero-order valence-electron chi connectivity index (χ0n) is 24.1. The molecule has 0 radical (unpaired) electrons. The van der Waals surface area contributed by atoms with Crippen molar-refractivity contribution in [2.24, 2.45) is 0 Å². The highest BCUT2D eigenvalue weighted by Gasteiger charge is 2.15. The first-order chi connectivity index (χ1) is 21.1. The lowest BCUT2D eigenvalue weighted by molar-refractivity contribution is 0.101. The van der Waals surface area contributed by atoms with Crippen molar-refractivity contribution in [3.8, 4) is 11.3 Å². The average Bonchev–Trinajstić information content (AvgIpc) is 3.55. The van der Waals surface area contributed by atoms with Gasteiger partial charge in [0.2, 0.25) is 0 Å². The second-order valence-corrected chi connectivity index (χ2v) is 11.8. The number of anilines is 2. The summed E-state index contributed by atoms with van der Waals surface area (Å²) in [6, 6.07) is 23.3. The van der Waals surface area contributed by atoms with Crippen molar-refractivity contribution in [3.63, 3.8) is 0 Å². The lowest BCUT2D eigenvalue weighted by atomic mass is 10.1. The third-order valence-corrected chi connectivity index (χ3v) is 8.64. The van der Waals surface area contributed by atoms with Gasteiger partial charge in [0.15, 0.2) is 5.01 Å². The maximum absolute atomic E-state index is 12.9.